The first kappa shape index (κ1) is 14.5. The van der Waals surface area contributed by atoms with Crippen molar-refractivity contribution in [1.29, 1.82) is 0 Å². The van der Waals surface area contributed by atoms with Crippen LogP contribution in [0.4, 0.5) is 14.9 Å². The number of carbonyl (C=O) groups excluding carboxylic acids is 3. The van der Waals surface area contributed by atoms with Gasteiger partial charge in [0.15, 0.2) is 0 Å². The standard InChI is InChI=1S/C13H12ClFN2O3/c1-6(2)10-11(18)16-13(20)17(12(10)19)7-3-4-9(15)8(14)5-7/h3-6,10H,1-2H3,(H,16,18,20). The Morgan fingerprint density at radius 3 is 2.50 bits per heavy atom. The molecule has 1 atom stereocenters. The molecule has 1 unspecified atom stereocenters. The molecule has 1 aliphatic heterocycles. The van der Waals surface area contributed by atoms with Gasteiger partial charge in [-0.2, -0.15) is 0 Å². The van der Waals surface area contributed by atoms with E-state index in [4.69, 9.17) is 11.6 Å². The van der Waals surface area contributed by atoms with Crippen LogP contribution < -0.4 is 10.2 Å². The average molecular weight is 299 g/mol. The van der Waals surface area contributed by atoms with E-state index in [-0.39, 0.29) is 16.6 Å². The molecular weight excluding hydrogens is 287 g/mol. The minimum absolute atomic E-state index is 0.122. The molecule has 1 heterocycles. The maximum Gasteiger partial charge on any atom is 0.335 e. The van der Waals surface area contributed by atoms with Crippen molar-refractivity contribution in [2.75, 3.05) is 4.90 Å². The van der Waals surface area contributed by atoms with E-state index < -0.39 is 29.6 Å². The zero-order chi connectivity index (χ0) is 15.0. The summed E-state index contributed by atoms with van der Waals surface area (Å²) in [6, 6.07) is 2.62. The number of nitrogens with one attached hydrogen (secondary N) is 1. The molecule has 0 bridgehead atoms. The SMILES string of the molecule is CC(C)C1C(=O)NC(=O)N(c2ccc(F)c(Cl)c2)C1=O. The zero-order valence-electron chi connectivity index (χ0n) is 10.8. The van der Waals surface area contributed by atoms with Gasteiger partial charge in [0.25, 0.3) is 0 Å². The summed E-state index contributed by atoms with van der Waals surface area (Å²) in [6.45, 7) is 3.40. The number of anilines is 1. The van der Waals surface area contributed by atoms with Crippen molar-refractivity contribution < 1.29 is 18.8 Å². The van der Waals surface area contributed by atoms with E-state index in [2.05, 4.69) is 5.32 Å². The van der Waals surface area contributed by atoms with Gasteiger partial charge in [-0.05, 0) is 24.1 Å². The van der Waals surface area contributed by atoms with Crippen molar-refractivity contribution in [2.24, 2.45) is 11.8 Å². The predicted octanol–water partition coefficient (Wildman–Crippen LogP) is 2.33. The second-order valence-electron chi connectivity index (χ2n) is 4.79. The van der Waals surface area contributed by atoms with Crippen LogP contribution in [0.15, 0.2) is 18.2 Å². The Balaban J connectivity index is 2.43. The minimum atomic E-state index is -0.962. The predicted molar refractivity (Wildman–Crippen MR) is 70.8 cm³/mol. The van der Waals surface area contributed by atoms with Gasteiger partial charge >= 0.3 is 6.03 Å². The summed E-state index contributed by atoms with van der Waals surface area (Å²) in [5.74, 6) is -3.15. The molecule has 0 spiro atoms. The Morgan fingerprint density at radius 1 is 1.30 bits per heavy atom. The largest absolute Gasteiger partial charge is 0.335 e. The molecule has 1 N–H and O–H groups in total. The van der Waals surface area contributed by atoms with Crippen molar-refractivity contribution >= 4 is 35.1 Å². The van der Waals surface area contributed by atoms with E-state index in [1.54, 1.807) is 13.8 Å². The first-order valence-electron chi connectivity index (χ1n) is 5.96. The fraction of sp³-hybridized carbons (Fsp3) is 0.308. The van der Waals surface area contributed by atoms with E-state index in [0.717, 1.165) is 11.0 Å². The molecule has 106 valence electrons. The van der Waals surface area contributed by atoms with E-state index in [0.29, 0.717) is 0 Å². The number of urea groups is 1. The summed E-state index contributed by atoms with van der Waals surface area (Å²) in [6.07, 6.45) is 0. The normalized spacial score (nSPS) is 19.6. The molecule has 2 rings (SSSR count). The first-order chi connectivity index (χ1) is 9.32. The van der Waals surface area contributed by atoms with Gasteiger partial charge in [0, 0.05) is 0 Å². The number of carbonyl (C=O) groups is 3. The van der Waals surface area contributed by atoms with Crippen molar-refractivity contribution in [3.63, 3.8) is 0 Å². The molecule has 1 saturated heterocycles. The molecule has 0 aromatic heterocycles. The molecule has 1 fully saturated rings. The molecule has 0 radical (unpaired) electrons. The van der Waals surface area contributed by atoms with Crippen LogP contribution in [0.1, 0.15) is 13.8 Å². The molecular formula is C13H12ClFN2O3. The van der Waals surface area contributed by atoms with Crippen LogP contribution >= 0.6 is 11.6 Å². The topological polar surface area (TPSA) is 66.5 Å². The molecule has 1 aliphatic rings. The Kier molecular flexibility index (Phi) is 3.76. The highest BCUT2D eigenvalue weighted by Crippen LogP contribution is 2.27. The fourth-order valence-electron chi connectivity index (χ4n) is 2.05. The second kappa shape index (κ2) is 5.20. The molecule has 1 aromatic carbocycles. The molecule has 7 heteroatoms. The van der Waals surface area contributed by atoms with Crippen molar-refractivity contribution in [3.05, 3.63) is 29.0 Å². The number of imide groups is 2. The molecule has 4 amide bonds. The zero-order valence-corrected chi connectivity index (χ0v) is 11.6. The van der Waals surface area contributed by atoms with Crippen LogP contribution in [0.2, 0.25) is 5.02 Å². The van der Waals surface area contributed by atoms with Crippen LogP contribution in [0.25, 0.3) is 0 Å². The Morgan fingerprint density at radius 2 is 1.95 bits per heavy atom. The van der Waals surface area contributed by atoms with Gasteiger partial charge < -0.3 is 0 Å². The molecule has 0 aliphatic carbocycles. The van der Waals surface area contributed by atoms with E-state index in [1.807, 2.05) is 0 Å². The van der Waals surface area contributed by atoms with Gasteiger partial charge in [0.1, 0.15) is 11.7 Å². The highest BCUT2D eigenvalue weighted by molar-refractivity contribution is 6.32. The van der Waals surface area contributed by atoms with Gasteiger partial charge in [0.05, 0.1) is 10.7 Å². The lowest BCUT2D eigenvalue weighted by atomic mass is 9.92. The number of hydrogen-bond acceptors (Lipinski definition) is 3. The van der Waals surface area contributed by atoms with E-state index in [9.17, 15) is 18.8 Å². The van der Waals surface area contributed by atoms with Crippen molar-refractivity contribution in [2.45, 2.75) is 13.8 Å². The number of halogens is 2. The third-order valence-electron chi connectivity index (χ3n) is 3.03. The Bertz CT molecular complexity index is 603. The summed E-state index contributed by atoms with van der Waals surface area (Å²) >= 11 is 5.64. The van der Waals surface area contributed by atoms with Crippen LogP contribution in [0, 0.1) is 17.7 Å². The van der Waals surface area contributed by atoms with Crippen LogP contribution in [0.3, 0.4) is 0 Å². The molecule has 0 saturated carbocycles. The number of barbiturate groups is 1. The van der Waals surface area contributed by atoms with Crippen molar-refractivity contribution in [1.82, 2.24) is 5.32 Å². The fourth-order valence-corrected chi connectivity index (χ4v) is 2.22. The quantitative estimate of drug-likeness (QED) is 0.852. The van der Waals surface area contributed by atoms with Crippen LogP contribution in [-0.2, 0) is 9.59 Å². The first-order valence-corrected chi connectivity index (χ1v) is 6.34. The minimum Gasteiger partial charge on any atom is -0.277 e. The number of nitrogens with zero attached hydrogens (tertiary/aromatic N) is 1. The summed E-state index contributed by atoms with van der Waals surface area (Å²) in [7, 11) is 0. The van der Waals surface area contributed by atoms with Crippen LogP contribution in [0.5, 0.6) is 0 Å². The summed E-state index contributed by atoms with van der Waals surface area (Å²) < 4.78 is 13.1. The molecule has 1 aromatic rings. The lowest BCUT2D eigenvalue weighted by molar-refractivity contribution is -0.136. The van der Waals surface area contributed by atoms with Gasteiger partial charge in [-0.3, -0.25) is 14.9 Å². The maximum atomic E-state index is 13.1. The molecule has 20 heavy (non-hydrogen) atoms. The number of rotatable bonds is 2. The number of hydrogen-bond donors (Lipinski definition) is 1. The maximum absolute atomic E-state index is 13.1. The Hall–Kier alpha value is -1.95. The number of benzene rings is 1. The van der Waals surface area contributed by atoms with Gasteiger partial charge in [0.2, 0.25) is 11.8 Å². The van der Waals surface area contributed by atoms with Gasteiger partial charge in [-0.1, -0.05) is 25.4 Å². The van der Waals surface area contributed by atoms with Crippen molar-refractivity contribution in [3.8, 4) is 0 Å². The second-order valence-corrected chi connectivity index (χ2v) is 5.20. The third-order valence-corrected chi connectivity index (χ3v) is 3.32. The van der Waals surface area contributed by atoms with Crippen LogP contribution in [-0.4, -0.2) is 17.8 Å². The monoisotopic (exact) mass is 298 g/mol. The highest BCUT2D eigenvalue weighted by Gasteiger charge is 2.42. The average Bonchev–Trinajstić information content (AvgIpc) is 2.32. The van der Waals surface area contributed by atoms with E-state index >= 15 is 0 Å². The number of amides is 4. The lowest BCUT2D eigenvalue weighted by Gasteiger charge is -2.31. The summed E-state index contributed by atoms with van der Waals surface area (Å²) in [5.41, 5.74) is 0.122. The molecule has 5 nitrogen and oxygen atoms in total. The smallest absolute Gasteiger partial charge is 0.277 e. The lowest BCUT2D eigenvalue weighted by Crippen LogP contribution is -2.59. The van der Waals surface area contributed by atoms with E-state index in [1.165, 1.54) is 12.1 Å². The van der Waals surface area contributed by atoms with Gasteiger partial charge in [-0.15, -0.1) is 0 Å². The van der Waals surface area contributed by atoms with Gasteiger partial charge in [-0.25, -0.2) is 14.1 Å². The highest BCUT2D eigenvalue weighted by atomic mass is 35.5. The third kappa shape index (κ3) is 2.38. The summed E-state index contributed by atoms with van der Waals surface area (Å²) in [4.78, 5) is 36.6. The Labute approximate surface area is 119 Å². The summed E-state index contributed by atoms with van der Waals surface area (Å²) in [5, 5.41) is 1.91.